The van der Waals surface area contributed by atoms with E-state index in [1.807, 2.05) is 12.1 Å². The highest BCUT2D eigenvalue weighted by atomic mass is 35.5. The molecule has 120 valence electrons. The molecule has 1 aromatic carbocycles. The fraction of sp³-hybridized carbons (Fsp3) is 0.188. The third-order valence-electron chi connectivity index (χ3n) is 3.22. The molecule has 0 unspecified atom stereocenters. The van der Waals surface area contributed by atoms with Gasteiger partial charge in [0.15, 0.2) is 4.80 Å². The van der Waals surface area contributed by atoms with Crippen molar-refractivity contribution in [3.63, 3.8) is 0 Å². The average molecular weight is 385 g/mol. The number of thiazole rings is 1. The maximum atomic E-state index is 6.24. The summed E-state index contributed by atoms with van der Waals surface area (Å²) in [6, 6.07) is 9.48. The van der Waals surface area contributed by atoms with Gasteiger partial charge in [0.05, 0.1) is 27.9 Å². The highest BCUT2D eigenvalue weighted by Crippen LogP contribution is 2.29. The molecule has 3 nitrogen and oxygen atoms in total. The van der Waals surface area contributed by atoms with Crippen molar-refractivity contribution in [1.29, 1.82) is 0 Å². The summed E-state index contributed by atoms with van der Waals surface area (Å²) >= 11 is 15.5. The summed E-state index contributed by atoms with van der Waals surface area (Å²) in [5.41, 5.74) is 1.85. The van der Waals surface area contributed by atoms with Gasteiger partial charge in [-0.2, -0.15) is 0 Å². The molecule has 0 aliphatic carbocycles. The first-order valence-electron chi connectivity index (χ1n) is 6.90. The minimum absolute atomic E-state index is 0.543. The topological polar surface area (TPSA) is 26.5 Å². The Labute approximate surface area is 152 Å². The van der Waals surface area contributed by atoms with Crippen molar-refractivity contribution >= 4 is 51.6 Å². The molecule has 3 aromatic rings. The molecule has 0 spiro atoms. The van der Waals surface area contributed by atoms with Gasteiger partial charge in [0.1, 0.15) is 0 Å². The van der Waals surface area contributed by atoms with E-state index in [0.717, 1.165) is 17.0 Å². The summed E-state index contributed by atoms with van der Waals surface area (Å²) in [5, 5.41) is 5.33. The van der Waals surface area contributed by atoms with E-state index in [9.17, 15) is 0 Å². The first-order valence-corrected chi connectivity index (χ1v) is 9.41. The van der Waals surface area contributed by atoms with Crippen LogP contribution in [0.4, 0.5) is 5.69 Å². The van der Waals surface area contributed by atoms with Crippen LogP contribution in [0.3, 0.4) is 0 Å². The number of thiophene rings is 1. The average Bonchev–Trinajstić information content (AvgIpc) is 3.17. The molecule has 3 rings (SSSR count). The van der Waals surface area contributed by atoms with Crippen LogP contribution in [0.15, 0.2) is 46.1 Å². The maximum absolute atomic E-state index is 6.24. The molecule has 0 fully saturated rings. The highest BCUT2D eigenvalue weighted by Gasteiger charge is 2.09. The van der Waals surface area contributed by atoms with Gasteiger partial charge in [-0.1, -0.05) is 29.3 Å². The number of aromatic nitrogens is 1. The summed E-state index contributed by atoms with van der Waals surface area (Å²) in [6.45, 7) is 1.36. The van der Waals surface area contributed by atoms with Crippen LogP contribution in [0.5, 0.6) is 0 Å². The molecule has 0 radical (unpaired) electrons. The summed E-state index contributed by atoms with van der Waals surface area (Å²) < 4.78 is 7.39. The van der Waals surface area contributed by atoms with Crippen molar-refractivity contribution in [2.24, 2.45) is 4.99 Å². The Morgan fingerprint density at radius 2 is 2.09 bits per heavy atom. The van der Waals surface area contributed by atoms with Crippen LogP contribution in [-0.4, -0.2) is 18.3 Å². The molecule has 0 amide bonds. The van der Waals surface area contributed by atoms with Crippen LogP contribution in [0.1, 0.15) is 0 Å². The predicted octanol–water partition coefficient (Wildman–Crippen LogP) is 5.46. The van der Waals surface area contributed by atoms with Gasteiger partial charge in [-0.15, -0.1) is 22.7 Å². The quantitative estimate of drug-likeness (QED) is 0.573. The number of hydrogen-bond acceptors (Lipinski definition) is 4. The fourth-order valence-electron chi connectivity index (χ4n) is 2.11. The number of halogens is 2. The predicted molar refractivity (Wildman–Crippen MR) is 99.2 cm³/mol. The van der Waals surface area contributed by atoms with Gasteiger partial charge in [0, 0.05) is 24.1 Å². The SMILES string of the molecule is COCCn1c(-c2cccs2)csc1=Nc1ccc(Cl)cc1Cl. The molecule has 0 N–H and O–H groups in total. The van der Waals surface area contributed by atoms with Crippen LogP contribution < -0.4 is 4.80 Å². The third-order valence-corrected chi connectivity index (χ3v) is 5.51. The first-order chi connectivity index (χ1) is 11.2. The highest BCUT2D eigenvalue weighted by molar-refractivity contribution is 7.14. The number of methoxy groups -OCH3 is 1. The molecule has 0 aliphatic heterocycles. The smallest absolute Gasteiger partial charge is 0.190 e. The van der Waals surface area contributed by atoms with Gasteiger partial charge in [-0.3, -0.25) is 0 Å². The van der Waals surface area contributed by atoms with Crippen molar-refractivity contribution in [1.82, 2.24) is 4.57 Å². The van der Waals surface area contributed by atoms with Gasteiger partial charge in [0.25, 0.3) is 0 Å². The molecule has 7 heteroatoms. The molecular weight excluding hydrogens is 371 g/mol. The molecule has 23 heavy (non-hydrogen) atoms. The van der Waals surface area contributed by atoms with Gasteiger partial charge in [-0.05, 0) is 29.6 Å². The monoisotopic (exact) mass is 384 g/mol. The summed E-state index contributed by atoms with van der Waals surface area (Å²) in [6.07, 6.45) is 0. The lowest BCUT2D eigenvalue weighted by molar-refractivity contribution is 0.187. The van der Waals surface area contributed by atoms with Gasteiger partial charge >= 0.3 is 0 Å². The van der Waals surface area contributed by atoms with Gasteiger partial charge in [0.2, 0.25) is 0 Å². The van der Waals surface area contributed by atoms with Crippen molar-refractivity contribution in [3.8, 4) is 10.6 Å². The lowest BCUT2D eigenvalue weighted by Crippen LogP contribution is -2.18. The van der Waals surface area contributed by atoms with Crippen LogP contribution in [0, 0.1) is 0 Å². The number of hydrogen-bond donors (Lipinski definition) is 0. The Kier molecular flexibility index (Phi) is 5.56. The lowest BCUT2D eigenvalue weighted by Gasteiger charge is -2.07. The normalized spacial score (nSPS) is 12.0. The van der Waals surface area contributed by atoms with E-state index in [4.69, 9.17) is 32.9 Å². The minimum atomic E-state index is 0.543. The van der Waals surface area contributed by atoms with Crippen molar-refractivity contribution in [2.45, 2.75) is 6.54 Å². The van der Waals surface area contributed by atoms with E-state index in [-0.39, 0.29) is 0 Å². The fourth-order valence-corrected chi connectivity index (χ4v) is 4.33. The second-order valence-electron chi connectivity index (χ2n) is 4.73. The van der Waals surface area contributed by atoms with Crippen molar-refractivity contribution in [3.05, 3.63) is 55.9 Å². The molecule has 0 saturated heterocycles. The standard InChI is InChI=1S/C16H14Cl2N2OS2/c1-21-7-6-20-14(15-3-2-8-22-15)10-23-16(20)19-13-5-4-11(17)9-12(13)18/h2-5,8-10H,6-7H2,1H3. The molecule has 0 bridgehead atoms. The number of rotatable bonds is 5. The third kappa shape index (κ3) is 3.87. The van der Waals surface area contributed by atoms with Crippen LogP contribution in [0.2, 0.25) is 10.0 Å². The largest absolute Gasteiger partial charge is 0.383 e. The summed E-state index contributed by atoms with van der Waals surface area (Å²) in [5.74, 6) is 0. The number of ether oxygens (including phenoxy) is 1. The van der Waals surface area contributed by atoms with Crippen LogP contribution in [-0.2, 0) is 11.3 Å². The Bertz CT molecular complexity index is 853. The van der Waals surface area contributed by atoms with E-state index >= 15 is 0 Å². The van der Waals surface area contributed by atoms with Gasteiger partial charge < -0.3 is 9.30 Å². The maximum Gasteiger partial charge on any atom is 0.190 e. The second-order valence-corrected chi connectivity index (χ2v) is 7.36. The molecule has 0 saturated carbocycles. The van der Waals surface area contributed by atoms with Crippen LogP contribution in [0.25, 0.3) is 10.6 Å². The summed E-state index contributed by atoms with van der Waals surface area (Å²) in [7, 11) is 1.70. The van der Waals surface area contributed by atoms with Gasteiger partial charge in [-0.25, -0.2) is 4.99 Å². The van der Waals surface area contributed by atoms with Crippen molar-refractivity contribution < 1.29 is 4.74 Å². The van der Waals surface area contributed by atoms with Crippen molar-refractivity contribution in [2.75, 3.05) is 13.7 Å². The minimum Gasteiger partial charge on any atom is -0.383 e. The Balaban J connectivity index is 2.09. The molecule has 2 heterocycles. The second kappa shape index (κ2) is 7.64. The molecule has 0 aliphatic rings. The van der Waals surface area contributed by atoms with E-state index in [1.54, 1.807) is 41.9 Å². The molecule has 0 atom stereocenters. The van der Waals surface area contributed by atoms with Crippen LogP contribution >= 0.6 is 45.9 Å². The first kappa shape index (κ1) is 16.7. The zero-order valence-corrected chi connectivity index (χ0v) is 15.5. The molecular formula is C16H14Cl2N2OS2. The molecule has 2 aromatic heterocycles. The summed E-state index contributed by atoms with van der Waals surface area (Å²) in [4.78, 5) is 6.80. The van der Waals surface area contributed by atoms with E-state index in [1.165, 1.54) is 4.88 Å². The number of benzene rings is 1. The zero-order chi connectivity index (χ0) is 16.2. The zero-order valence-electron chi connectivity index (χ0n) is 12.3. The Morgan fingerprint density at radius 1 is 1.22 bits per heavy atom. The Morgan fingerprint density at radius 3 is 2.78 bits per heavy atom. The van der Waals surface area contributed by atoms with E-state index in [0.29, 0.717) is 22.3 Å². The number of nitrogens with zero attached hydrogens (tertiary/aromatic N) is 2. The Hall–Kier alpha value is -1.11. The van der Waals surface area contributed by atoms with E-state index < -0.39 is 0 Å². The van der Waals surface area contributed by atoms with E-state index in [2.05, 4.69) is 21.4 Å². The lowest BCUT2D eigenvalue weighted by atomic mass is 10.3.